The van der Waals surface area contributed by atoms with Crippen LogP contribution in [0.1, 0.15) is 16.8 Å². The summed E-state index contributed by atoms with van der Waals surface area (Å²) < 4.78 is 0. The van der Waals surface area contributed by atoms with E-state index in [1.807, 2.05) is 25.1 Å². The highest BCUT2D eigenvalue weighted by molar-refractivity contribution is 5.95. The van der Waals surface area contributed by atoms with Crippen LogP contribution in [-0.4, -0.2) is 10.9 Å². The summed E-state index contributed by atoms with van der Waals surface area (Å²) >= 11 is 0. The third-order valence-electron chi connectivity index (χ3n) is 3.55. The molecule has 0 bridgehead atoms. The van der Waals surface area contributed by atoms with Gasteiger partial charge in [0.1, 0.15) is 0 Å². The van der Waals surface area contributed by atoms with Crippen LogP contribution in [0.15, 0.2) is 42.6 Å². The van der Waals surface area contributed by atoms with E-state index in [1.165, 1.54) is 11.1 Å². The third-order valence-corrected chi connectivity index (χ3v) is 3.55. The highest BCUT2D eigenvalue weighted by Crippen LogP contribution is 2.27. The maximum absolute atomic E-state index is 12.1. The van der Waals surface area contributed by atoms with Crippen molar-refractivity contribution in [3.05, 3.63) is 59.4 Å². The molecular formula is C16H16N2O. The second-order valence-corrected chi connectivity index (χ2v) is 5.06. The van der Waals surface area contributed by atoms with Gasteiger partial charge in [0.05, 0.1) is 11.9 Å². The fourth-order valence-corrected chi connectivity index (χ4v) is 2.55. The van der Waals surface area contributed by atoms with Gasteiger partial charge in [0.15, 0.2) is 0 Å². The number of anilines is 1. The van der Waals surface area contributed by atoms with Crippen molar-refractivity contribution in [1.29, 1.82) is 0 Å². The summed E-state index contributed by atoms with van der Waals surface area (Å²) in [6.07, 6.45) is 3.33. The van der Waals surface area contributed by atoms with Crippen molar-refractivity contribution in [2.24, 2.45) is 5.92 Å². The minimum Gasteiger partial charge on any atom is -0.324 e. The maximum Gasteiger partial charge on any atom is 0.228 e. The van der Waals surface area contributed by atoms with Crippen LogP contribution in [0.3, 0.4) is 0 Å². The van der Waals surface area contributed by atoms with E-state index in [1.54, 1.807) is 6.20 Å². The minimum absolute atomic E-state index is 0.0108. The number of hydrogen-bond donors (Lipinski definition) is 1. The lowest BCUT2D eigenvalue weighted by Gasteiger charge is -2.24. The summed E-state index contributed by atoms with van der Waals surface area (Å²) in [6, 6.07) is 12.2. The Morgan fingerprint density at radius 3 is 2.89 bits per heavy atom. The van der Waals surface area contributed by atoms with Crippen molar-refractivity contribution < 1.29 is 4.79 Å². The van der Waals surface area contributed by atoms with Gasteiger partial charge in [-0.05, 0) is 37.0 Å². The fraction of sp³-hybridized carbons (Fsp3) is 0.250. The van der Waals surface area contributed by atoms with E-state index in [0.29, 0.717) is 0 Å². The van der Waals surface area contributed by atoms with Gasteiger partial charge in [0.2, 0.25) is 5.91 Å². The topological polar surface area (TPSA) is 42.0 Å². The quantitative estimate of drug-likeness (QED) is 0.893. The van der Waals surface area contributed by atoms with Crippen LogP contribution in [-0.2, 0) is 17.6 Å². The SMILES string of the molecule is Cc1cc2c(cn1)NC(=O)C(Cc1ccccc1)C2. The molecule has 0 fully saturated rings. The van der Waals surface area contributed by atoms with Crippen LogP contribution in [0.2, 0.25) is 0 Å². The van der Waals surface area contributed by atoms with Gasteiger partial charge >= 0.3 is 0 Å². The number of amides is 1. The zero-order valence-corrected chi connectivity index (χ0v) is 10.9. The summed E-state index contributed by atoms with van der Waals surface area (Å²) in [5.74, 6) is 0.110. The Hall–Kier alpha value is -2.16. The lowest BCUT2D eigenvalue weighted by molar-refractivity contribution is -0.120. The number of aromatic nitrogens is 1. The molecule has 0 radical (unpaired) electrons. The van der Waals surface area contributed by atoms with Crippen LogP contribution < -0.4 is 5.32 Å². The molecule has 19 heavy (non-hydrogen) atoms. The Morgan fingerprint density at radius 1 is 1.32 bits per heavy atom. The summed E-state index contributed by atoms with van der Waals surface area (Å²) in [7, 11) is 0. The molecule has 1 aromatic heterocycles. The Balaban J connectivity index is 1.83. The number of carbonyl (C=O) groups is 1. The van der Waals surface area contributed by atoms with E-state index >= 15 is 0 Å². The van der Waals surface area contributed by atoms with Crippen LogP contribution in [0, 0.1) is 12.8 Å². The molecule has 1 amide bonds. The average Bonchev–Trinajstić information content (AvgIpc) is 2.41. The molecule has 3 nitrogen and oxygen atoms in total. The molecule has 96 valence electrons. The van der Waals surface area contributed by atoms with E-state index in [9.17, 15) is 4.79 Å². The predicted molar refractivity (Wildman–Crippen MR) is 74.9 cm³/mol. The average molecular weight is 252 g/mol. The number of nitrogens with one attached hydrogen (secondary N) is 1. The molecule has 0 spiro atoms. The lowest BCUT2D eigenvalue weighted by atomic mass is 9.88. The fourth-order valence-electron chi connectivity index (χ4n) is 2.55. The van der Waals surface area contributed by atoms with Gasteiger partial charge in [-0.2, -0.15) is 0 Å². The number of fused-ring (bicyclic) bond motifs is 1. The highest BCUT2D eigenvalue weighted by atomic mass is 16.1. The second-order valence-electron chi connectivity index (χ2n) is 5.06. The van der Waals surface area contributed by atoms with Gasteiger partial charge in [-0.3, -0.25) is 9.78 Å². The molecule has 1 aliphatic heterocycles. The van der Waals surface area contributed by atoms with Gasteiger partial charge in [-0.1, -0.05) is 30.3 Å². The van der Waals surface area contributed by atoms with Crippen LogP contribution in [0.4, 0.5) is 5.69 Å². The number of aryl methyl sites for hydroxylation is 1. The Kier molecular flexibility index (Phi) is 3.03. The molecule has 1 N–H and O–H groups in total. The van der Waals surface area contributed by atoms with Crippen molar-refractivity contribution >= 4 is 11.6 Å². The van der Waals surface area contributed by atoms with E-state index in [-0.39, 0.29) is 11.8 Å². The van der Waals surface area contributed by atoms with Crippen LogP contribution in [0.5, 0.6) is 0 Å². The molecular weight excluding hydrogens is 236 g/mol. The van der Waals surface area contributed by atoms with Crippen molar-refractivity contribution in [3.8, 4) is 0 Å². The van der Waals surface area contributed by atoms with Gasteiger partial charge in [-0.15, -0.1) is 0 Å². The van der Waals surface area contributed by atoms with Crippen LogP contribution in [0.25, 0.3) is 0 Å². The van der Waals surface area contributed by atoms with Gasteiger partial charge < -0.3 is 5.32 Å². The zero-order chi connectivity index (χ0) is 13.2. The van der Waals surface area contributed by atoms with Gasteiger partial charge in [-0.25, -0.2) is 0 Å². The number of rotatable bonds is 2. The van der Waals surface area contributed by atoms with Crippen molar-refractivity contribution in [2.45, 2.75) is 19.8 Å². The first kappa shape index (κ1) is 11.9. The van der Waals surface area contributed by atoms with Crippen molar-refractivity contribution in [2.75, 3.05) is 5.32 Å². The van der Waals surface area contributed by atoms with Crippen LogP contribution >= 0.6 is 0 Å². The van der Waals surface area contributed by atoms with Crippen molar-refractivity contribution in [1.82, 2.24) is 4.98 Å². The minimum atomic E-state index is 0.0108. The summed E-state index contributed by atoms with van der Waals surface area (Å²) in [4.78, 5) is 16.3. The molecule has 0 saturated heterocycles. The molecule has 2 heterocycles. The molecule has 1 unspecified atom stereocenters. The molecule has 1 aliphatic rings. The standard InChI is InChI=1S/C16H16N2O/c1-11-7-13-9-14(8-12-5-3-2-4-6-12)16(19)18-15(13)10-17-11/h2-7,10,14H,8-9H2,1H3,(H,18,19). The number of benzene rings is 1. The second kappa shape index (κ2) is 4.84. The molecule has 3 heteroatoms. The van der Waals surface area contributed by atoms with E-state index in [0.717, 1.165) is 24.2 Å². The molecule has 1 aromatic carbocycles. The highest BCUT2D eigenvalue weighted by Gasteiger charge is 2.26. The first-order valence-electron chi connectivity index (χ1n) is 6.52. The molecule has 3 rings (SSSR count). The third kappa shape index (κ3) is 2.50. The Bertz CT molecular complexity index is 607. The normalized spacial score (nSPS) is 17.7. The van der Waals surface area contributed by atoms with Crippen molar-refractivity contribution in [3.63, 3.8) is 0 Å². The number of hydrogen-bond acceptors (Lipinski definition) is 2. The van der Waals surface area contributed by atoms with Gasteiger partial charge in [0, 0.05) is 11.6 Å². The summed E-state index contributed by atoms with van der Waals surface area (Å²) in [5, 5.41) is 2.96. The molecule has 0 saturated carbocycles. The van der Waals surface area contributed by atoms with Gasteiger partial charge in [0.25, 0.3) is 0 Å². The monoisotopic (exact) mass is 252 g/mol. The molecule has 2 aromatic rings. The van der Waals surface area contributed by atoms with E-state index in [4.69, 9.17) is 0 Å². The first-order valence-corrected chi connectivity index (χ1v) is 6.52. The Labute approximate surface area is 112 Å². The number of pyridine rings is 1. The zero-order valence-electron chi connectivity index (χ0n) is 10.9. The van der Waals surface area contributed by atoms with E-state index in [2.05, 4.69) is 28.5 Å². The summed E-state index contributed by atoms with van der Waals surface area (Å²) in [5.41, 5.74) is 4.25. The van der Waals surface area contributed by atoms with E-state index < -0.39 is 0 Å². The predicted octanol–water partition coefficient (Wildman–Crippen LogP) is 2.74. The molecule has 0 aliphatic carbocycles. The maximum atomic E-state index is 12.1. The number of nitrogens with zero attached hydrogens (tertiary/aromatic N) is 1. The largest absolute Gasteiger partial charge is 0.324 e. The molecule has 1 atom stereocenters. The summed E-state index contributed by atoms with van der Waals surface area (Å²) in [6.45, 7) is 1.98. The smallest absolute Gasteiger partial charge is 0.228 e. The first-order chi connectivity index (χ1) is 9.22. The number of carbonyl (C=O) groups excluding carboxylic acids is 1. The lowest BCUT2D eigenvalue weighted by Crippen LogP contribution is -2.31. The Morgan fingerprint density at radius 2 is 2.11 bits per heavy atom.